The lowest BCUT2D eigenvalue weighted by molar-refractivity contribution is -0.115. The number of carboxylic acid groups (broad SMARTS) is 1. The SMILES string of the molecule is CCOc1cc(/C=C2/SC(=Nc3ccc(F)cc3)NC2=O)cc(Br)c1OCc1ccc(C(=O)O)cc1. The quantitative estimate of drug-likeness (QED) is 0.315. The van der Waals surface area contributed by atoms with E-state index in [4.69, 9.17) is 14.6 Å². The van der Waals surface area contributed by atoms with Crippen molar-refractivity contribution in [3.05, 3.63) is 92.5 Å². The van der Waals surface area contributed by atoms with Gasteiger partial charge in [-0.2, -0.15) is 0 Å². The first-order valence-corrected chi connectivity index (χ1v) is 12.4. The number of carbonyl (C=O) groups is 2. The van der Waals surface area contributed by atoms with Gasteiger partial charge in [0.2, 0.25) is 0 Å². The molecule has 1 saturated heterocycles. The van der Waals surface area contributed by atoms with Gasteiger partial charge >= 0.3 is 5.97 Å². The minimum absolute atomic E-state index is 0.201. The third-order valence-electron chi connectivity index (χ3n) is 4.92. The van der Waals surface area contributed by atoms with Crippen molar-refractivity contribution in [2.24, 2.45) is 4.99 Å². The Morgan fingerprint density at radius 3 is 2.53 bits per heavy atom. The highest BCUT2D eigenvalue weighted by molar-refractivity contribution is 9.10. The molecule has 0 aromatic heterocycles. The van der Waals surface area contributed by atoms with E-state index in [1.54, 1.807) is 30.3 Å². The predicted molar refractivity (Wildman–Crippen MR) is 140 cm³/mol. The largest absolute Gasteiger partial charge is 0.490 e. The van der Waals surface area contributed by atoms with E-state index < -0.39 is 5.97 Å². The molecule has 0 atom stereocenters. The van der Waals surface area contributed by atoms with Crippen molar-refractivity contribution < 1.29 is 28.6 Å². The summed E-state index contributed by atoms with van der Waals surface area (Å²) in [7, 11) is 0. The van der Waals surface area contributed by atoms with E-state index in [1.807, 2.05) is 6.92 Å². The number of thioether (sulfide) groups is 1. The second-order valence-electron chi connectivity index (χ2n) is 7.51. The highest BCUT2D eigenvalue weighted by atomic mass is 79.9. The normalized spacial score (nSPS) is 15.2. The van der Waals surface area contributed by atoms with Gasteiger partial charge in [-0.15, -0.1) is 0 Å². The summed E-state index contributed by atoms with van der Waals surface area (Å²) >= 11 is 4.71. The van der Waals surface area contributed by atoms with Crippen LogP contribution in [0.1, 0.15) is 28.4 Å². The number of amidine groups is 1. The zero-order valence-electron chi connectivity index (χ0n) is 19.0. The van der Waals surface area contributed by atoms with Crippen LogP contribution in [0, 0.1) is 5.82 Å². The summed E-state index contributed by atoms with van der Waals surface area (Å²) in [6.07, 6.45) is 1.72. The van der Waals surface area contributed by atoms with E-state index in [1.165, 1.54) is 48.2 Å². The molecule has 0 radical (unpaired) electrons. The van der Waals surface area contributed by atoms with Crippen molar-refractivity contribution in [1.29, 1.82) is 0 Å². The highest BCUT2D eigenvalue weighted by Gasteiger charge is 2.24. The lowest BCUT2D eigenvalue weighted by atomic mass is 10.1. The predicted octanol–water partition coefficient (Wildman–Crippen LogP) is 6.16. The molecule has 3 aromatic rings. The van der Waals surface area contributed by atoms with Gasteiger partial charge in [-0.3, -0.25) is 4.79 Å². The molecule has 0 aliphatic carbocycles. The number of carbonyl (C=O) groups excluding carboxylic acids is 1. The fourth-order valence-electron chi connectivity index (χ4n) is 3.24. The van der Waals surface area contributed by atoms with Gasteiger partial charge in [0.05, 0.1) is 27.2 Å². The van der Waals surface area contributed by atoms with Gasteiger partial charge in [0.15, 0.2) is 16.7 Å². The van der Waals surface area contributed by atoms with Crippen LogP contribution in [0.4, 0.5) is 10.1 Å². The van der Waals surface area contributed by atoms with Gasteiger partial charge in [-0.1, -0.05) is 12.1 Å². The van der Waals surface area contributed by atoms with Crippen LogP contribution in [0.2, 0.25) is 0 Å². The molecule has 1 aliphatic heterocycles. The first-order chi connectivity index (χ1) is 17.3. The number of hydrogen-bond donors (Lipinski definition) is 2. The van der Waals surface area contributed by atoms with Crippen molar-refractivity contribution in [2.45, 2.75) is 13.5 Å². The molecule has 0 unspecified atom stereocenters. The number of nitrogens with one attached hydrogen (secondary N) is 1. The summed E-state index contributed by atoms with van der Waals surface area (Å²) in [5.74, 6) is -0.661. The Morgan fingerprint density at radius 2 is 1.86 bits per heavy atom. The van der Waals surface area contributed by atoms with Gasteiger partial charge < -0.3 is 19.9 Å². The molecule has 184 valence electrons. The lowest BCUT2D eigenvalue weighted by Crippen LogP contribution is -2.19. The molecule has 10 heteroatoms. The van der Waals surface area contributed by atoms with Crippen molar-refractivity contribution >= 4 is 56.5 Å². The monoisotopic (exact) mass is 570 g/mol. The standard InChI is InChI=1S/C26H20BrFN2O5S/c1-2-34-21-12-16(11-20(27)23(21)35-14-15-3-5-17(6-4-15)25(32)33)13-22-24(31)30-26(36-22)29-19-9-7-18(28)8-10-19/h3-13H,2,14H2,1H3,(H,32,33)(H,29,30,31)/b22-13+. The highest BCUT2D eigenvalue weighted by Crippen LogP contribution is 2.39. The molecule has 1 fully saturated rings. The van der Waals surface area contributed by atoms with Gasteiger partial charge in [-0.25, -0.2) is 14.2 Å². The summed E-state index contributed by atoms with van der Waals surface area (Å²) in [5, 5.41) is 12.2. The van der Waals surface area contributed by atoms with E-state index in [0.29, 0.717) is 43.9 Å². The second-order valence-corrected chi connectivity index (χ2v) is 9.40. The van der Waals surface area contributed by atoms with Crippen LogP contribution >= 0.6 is 27.7 Å². The average Bonchev–Trinajstić information content (AvgIpc) is 3.18. The number of benzene rings is 3. The molecule has 1 aliphatic rings. The maximum absolute atomic E-state index is 13.1. The van der Waals surface area contributed by atoms with Crippen LogP contribution < -0.4 is 14.8 Å². The number of nitrogens with zero attached hydrogens (tertiary/aromatic N) is 1. The molecule has 0 spiro atoms. The fourth-order valence-corrected chi connectivity index (χ4v) is 4.65. The van der Waals surface area contributed by atoms with Crippen molar-refractivity contribution in [2.75, 3.05) is 6.61 Å². The number of rotatable bonds is 8. The van der Waals surface area contributed by atoms with Gasteiger partial charge in [-0.05, 0) is 100 Å². The Kier molecular flexibility index (Phi) is 8.07. The van der Waals surface area contributed by atoms with Gasteiger partial charge in [0.25, 0.3) is 5.91 Å². The number of halogens is 2. The molecule has 0 saturated carbocycles. The number of aliphatic imine (C=N–C) groups is 1. The van der Waals surface area contributed by atoms with E-state index >= 15 is 0 Å². The van der Waals surface area contributed by atoms with E-state index in [9.17, 15) is 14.0 Å². The van der Waals surface area contributed by atoms with Gasteiger partial charge in [0, 0.05) is 0 Å². The maximum atomic E-state index is 13.1. The molecule has 0 bridgehead atoms. The molecule has 7 nitrogen and oxygen atoms in total. The molecule has 2 N–H and O–H groups in total. The Labute approximate surface area is 219 Å². The number of aromatic carboxylic acids is 1. The number of carboxylic acids is 1. The number of ether oxygens (including phenoxy) is 2. The third kappa shape index (κ3) is 6.32. The lowest BCUT2D eigenvalue weighted by Gasteiger charge is -2.15. The average molecular weight is 571 g/mol. The van der Waals surface area contributed by atoms with E-state index in [-0.39, 0.29) is 23.9 Å². The van der Waals surface area contributed by atoms with E-state index in [0.717, 1.165) is 5.56 Å². The zero-order chi connectivity index (χ0) is 25.7. The van der Waals surface area contributed by atoms with E-state index in [2.05, 4.69) is 26.2 Å². The number of hydrogen-bond acceptors (Lipinski definition) is 6. The Balaban J connectivity index is 1.53. The topological polar surface area (TPSA) is 97.2 Å². The third-order valence-corrected chi connectivity index (χ3v) is 6.42. The Bertz CT molecular complexity index is 1360. The van der Waals surface area contributed by atoms with Crippen molar-refractivity contribution in [3.63, 3.8) is 0 Å². The van der Waals surface area contributed by atoms with Crippen LogP contribution in [0.25, 0.3) is 6.08 Å². The van der Waals surface area contributed by atoms with Crippen LogP contribution in [-0.2, 0) is 11.4 Å². The summed E-state index contributed by atoms with van der Waals surface area (Å²) in [6, 6.07) is 15.7. The minimum Gasteiger partial charge on any atom is -0.490 e. The smallest absolute Gasteiger partial charge is 0.335 e. The molecule has 36 heavy (non-hydrogen) atoms. The fraction of sp³-hybridized carbons (Fsp3) is 0.115. The zero-order valence-corrected chi connectivity index (χ0v) is 21.4. The van der Waals surface area contributed by atoms with Crippen LogP contribution in [0.3, 0.4) is 0 Å². The first kappa shape index (κ1) is 25.5. The van der Waals surface area contributed by atoms with Crippen LogP contribution in [0.5, 0.6) is 11.5 Å². The van der Waals surface area contributed by atoms with Crippen molar-refractivity contribution in [1.82, 2.24) is 5.32 Å². The first-order valence-electron chi connectivity index (χ1n) is 10.8. The maximum Gasteiger partial charge on any atom is 0.335 e. The van der Waals surface area contributed by atoms with Crippen LogP contribution in [-0.4, -0.2) is 28.8 Å². The van der Waals surface area contributed by atoms with Gasteiger partial charge in [0.1, 0.15) is 12.4 Å². The summed E-state index contributed by atoms with van der Waals surface area (Å²) in [5.41, 5.74) is 2.24. The molecule has 4 rings (SSSR count). The summed E-state index contributed by atoms with van der Waals surface area (Å²) in [4.78, 5) is 28.3. The molecule has 3 aromatic carbocycles. The summed E-state index contributed by atoms with van der Waals surface area (Å²) < 4.78 is 25.5. The molecular formula is C26H20BrFN2O5S. The molecular weight excluding hydrogens is 551 g/mol. The molecule has 1 amide bonds. The molecule has 1 heterocycles. The summed E-state index contributed by atoms with van der Waals surface area (Å²) in [6.45, 7) is 2.46. The minimum atomic E-state index is -0.989. The Morgan fingerprint density at radius 1 is 1.14 bits per heavy atom. The second kappa shape index (κ2) is 11.4. The Hall–Kier alpha value is -3.63. The van der Waals surface area contributed by atoms with Crippen molar-refractivity contribution in [3.8, 4) is 11.5 Å². The number of amides is 1. The van der Waals surface area contributed by atoms with Crippen LogP contribution in [0.15, 0.2) is 75.0 Å².